The maximum absolute atomic E-state index is 6.13. The number of nitrogens with two attached hydrogens (primary N) is 1. The number of hydrazine groups is 1. The number of benzene rings is 1. The fraction of sp³-hybridized carbons (Fsp3) is 0.167. The first-order valence-electron chi connectivity index (χ1n) is 5.07. The van der Waals surface area contributed by atoms with Crippen LogP contribution in [0.25, 0.3) is 0 Å². The lowest BCUT2D eigenvalue weighted by atomic mass is 10.1. The van der Waals surface area contributed by atoms with Gasteiger partial charge in [0, 0.05) is 15.5 Å². The standard InChI is InChI=1S/C12H12N2S/c13-14-9-5-1-3-7-11(9)15-12-8-4-2-6-10(12)14/h1,3-5,7-8H,2,6,13H2. The van der Waals surface area contributed by atoms with Crippen LogP contribution in [0.5, 0.6) is 0 Å². The highest BCUT2D eigenvalue weighted by atomic mass is 32.2. The van der Waals surface area contributed by atoms with Gasteiger partial charge in [-0.2, -0.15) is 0 Å². The lowest BCUT2D eigenvalue weighted by Crippen LogP contribution is -2.33. The van der Waals surface area contributed by atoms with Crippen LogP contribution in [0.1, 0.15) is 12.8 Å². The monoisotopic (exact) mass is 216 g/mol. The fourth-order valence-electron chi connectivity index (χ4n) is 1.97. The number of anilines is 1. The van der Waals surface area contributed by atoms with Gasteiger partial charge in [-0.1, -0.05) is 36.0 Å². The molecule has 0 amide bonds. The van der Waals surface area contributed by atoms with Gasteiger partial charge in [0.05, 0.1) is 5.69 Å². The summed E-state index contributed by atoms with van der Waals surface area (Å²) in [6.07, 6.45) is 6.53. The minimum atomic E-state index is 1.05. The first-order valence-corrected chi connectivity index (χ1v) is 5.89. The molecule has 1 aliphatic heterocycles. The molecule has 1 heterocycles. The third kappa shape index (κ3) is 1.39. The second kappa shape index (κ2) is 3.43. The average Bonchev–Trinajstić information content (AvgIpc) is 2.30. The molecule has 0 spiro atoms. The van der Waals surface area contributed by atoms with Crippen molar-refractivity contribution in [1.29, 1.82) is 0 Å². The summed E-state index contributed by atoms with van der Waals surface area (Å²) in [6, 6.07) is 8.28. The summed E-state index contributed by atoms with van der Waals surface area (Å²) in [7, 11) is 0. The van der Waals surface area contributed by atoms with Crippen LogP contribution < -0.4 is 10.9 Å². The summed E-state index contributed by atoms with van der Waals surface area (Å²) in [5.74, 6) is 6.13. The zero-order valence-corrected chi connectivity index (χ0v) is 9.13. The van der Waals surface area contributed by atoms with Gasteiger partial charge >= 0.3 is 0 Å². The molecular weight excluding hydrogens is 204 g/mol. The summed E-state index contributed by atoms with van der Waals surface area (Å²) in [4.78, 5) is 2.53. The number of hydrogen-bond donors (Lipinski definition) is 1. The number of hydrogen-bond acceptors (Lipinski definition) is 3. The van der Waals surface area contributed by atoms with Crippen molar-refractivity contribution >= 4 is 17.4 Å². The second-order valence-corrected chi connectivity index (χ2v) is 4.78. The highest BCUT2D eigenvalue weighted by Crippen LogP contribution is 2.44. The van der Waals surface area contributed by atoms with Gasteiger partial charge in [0.1, 0.15) is 0 Å². The van der Waals surface area contributed by atoms with E-state index in [1.54, 1.807) is 0 Å². The van der Waals surface area contributed by atoms with Gasteiger partial charge in [0.15, 0.2) is 0 Å². The molecule has 3 heteroatoms. The van der Waals surface area contributed by atoms with Crippen molar-refractivity contribution in [3.8, 4) is 0 Å². The number of fused-ring (bicyclic) bond motifs is 1. The summed E-state index contributed by atoms with van der Waals surface area (Å²) in [6.45, 7) is 0. The van der Waals surface area contributed by atoms with Crippen molar-refractivity contribution in [2.24, 2.45) is 5.84 Å². The molecule has 2 aliphatic rings. The van der Waals surface area contributed by atoms with Crippen LogP contribution >= 0.6 is 11.8 Å². The van der Waals surface area contributed by atoms with Crippen LogP contribution in [0.2, 0.25) is 0 Å². The summed E-state index contributed by atoms with van der Waals surface area (Å²) in [5, 5.41) is 1.84. The molecule has 76 valence electrons. The topological polar surface area (TPSA) is 29.3 Å². The highest BCUT2D eigenvalue weighted by Gasteiger charge is 2.23. The van der Waals surface area contributed by atoms with Crippen molar-refractivity contribution in [3.05, 3.63) is 47.0 Å². The van der Waals surface area contributed by atoms with E-state index >= 15 is 0 Å². The van der Waals surface area contributed by atoms with E-state index in [4.69, 9.17) is 5.84 Å². The predicted molar refractivity (Wildman–Crippen MR) is 64.4 cm³/mol. The van der Waals surface area contributed by atoms with Crippen molar-refractivity contribution in [3.63, 3.8) is 0 Å². The van der Waals surface area contributed by atoms with Gasteiger partial charge in [-0.25, -0.2) is 5.84 Å². The highest BCUT2D eigenvalue weighted by molar-refractivity contribution is 8.03. The molecule has 15 heavy (non-hydrogen) atoms. The molecule has 0 aromatic heterocycles. The molecule has 3 rings (SSSR count). The van der Waals surface area contributed by atoms with Crippen LogP contribution in [0.3, 0.4) is 0 Å². The predicted octanol–water partition coefficient (Wildman–Crippen LogP) is 3.03. The smallest absolute Gasteiger partial charge is 0.0711 e. The molecular formula is C12H12N2S. The van der Waals surface area contributed by atoms with E-state index in [9.17, 15) is 0 Å². The molecule has 0 saturated heterocycles. The Kier molecular flexibility index (Phi) is 2.08. The molecule has 0 atom stereocenters. The summed E-state index contributed by atoms with van der Waals surface area (Å²) >= 11 is 1.82. The number of thioether (sulfide) groups is 1. The normalized spacial score (nSPS) is 18.9. The number of nitrogens with zero attached hydrogens (tertiary/aromatic N) is 1. The molecule has 2 N–H and O–H groups in total. The molecule has 0 fully saturated rings. The van der Waals surface area contributed by atoms with Crippen molar-refractivity contribution in [1.82, 2.24) is 0 Å². The Bertz CT molecular complexity index is 462. The van der Waals surface area contributed by atoms with E-state index in [0.29, 0.717) is 0 Å². The molecule has 0 radical (unpaired) electrons. The van der Waals surface area contributed by atoms with Crippen molar-refractivity contribution in [2.75, 3.05) is 5.01 Å². The van der Waals surface area contributed by atoms with Gasteiger partial charge in [-0.05, 0) is 25.0 Å². The Balaban J connectivity index is 2.11. The molecule has 1 aliphatic carbocycles. The third-order valence-electron chi connectivity index (χ3n) is 2.74. The maximum Gasteiger partial charge on any atom is 0.0711 e. The zero-order valence-electron chi connectivity index (χ0n) is 8.31. The van der Waals surface area contributed by atoms with E-state index in [1.165, 1.54) is 15.5 Å². The molecule has 2 nitrogen and oxygen atoms in total. The first-order chi connectivity index (χ1) is 7.36. The Hall–Kier alpha value is -1.19. The largest absolute Gasteiger partial charge is 0.281 e. The second-order valence-electron chi connectivity index (χ2n) is 3.69. The molecule has 1 aromatic rings. The van der Waals surface area contributed by atoms with Gasteiger partial charge in [0.25, 0.3) is 0 Å². The van der Waals surface area contributed by atoms with Gasteiger partial charge < -0.3 is 0 Å². The summed E-state index contributed by atoms with van der Waals surface area (Å²) in [5.41, 5.74) is 2.37. The van der Waals surface area contributed by atoms with Crippen LogP contribution in [-0.2, 0) is 0 Å². The van der Waals surface area contributed by atoms with Crippen molar-refractivity contribution < 1.29 is 0 Å². The zero-order chi connectivity index (χ0) is 10.3. The van der Waals surface area contributed by atoms with Gasteiger partial charge in [-0.3, -0.25) is 5.01 Å². The Morgan fingerprint density at radius 2 is 2.13 bits per heavy atom. The molecule has 0 unspecified atom stereocenters. The average molecular weight is 216 g/mol. The fourth-order valence-corrected chi connectivity index (χ4v) is 3.11. The van der Waals surface area contributed by atoms with Crippen LogP contribution in [0.4, 0.5) is 5.69 Å². The summed E-state index contributed by atoms with van der Waals surface area (Å²) < 4.78 is 0. The van der Waals surface area contributed by atoms with Gasteiger partial charge in [0.2, 0.25) is 0 Å². The molecule has 0 saturated carbocycles. The van der Waals surface area contributed by atoms with Crippen molar-refractivity contribution in [2.45, 2.75) is 17.7 Å². The van der Waals surface area contributed by atoms with E-state index in [1.807, 2.05) is 22.8 Å². The minimum Gasteiger partial charge on any atom is -0.281 e. The maximum atomic E-state index is 6.13. The Morgan fingerprint density at radius 1 is 1.27 bits per heavy atom. The van der Waals surface area contributed by atoms with Crippen LogP contribution in [0.15, 0.2) is 51.9 Å². The Labute approximate surface area is 93.4 Å². The van der Waals surface area contributed by atoms with E-state index in [2.05, 4.69) is 30.4 Å². The Morgan fingerprint density at radius 3 is 3.07 bits per heavy atom. The molecule has 0 bridgehead atoms. The van der Waals surface area contributed by atoms with Crippen LogP contribution in [0, 0.1) is 0 Å². The lowest BCUT2D eigenvalue weighted by molar-refractivity contribution is 0.845. The number of para-hydroxylation sites is 1. The third-order valence-corrected chi connectivity index (χ3v) is 3.89. The lowest BCUT2D eigenvalue weighted by Gasteiger charge is -2.31. The van der Waals surface area contributed by atoms with E-state index in [-0.39, 0.29) is 0 Å². The van der Waals surface area contributed by atoms with Gasteiger partial charge in [-0.15, -0.1) is 0 Å². The quantitative estimate of drug-likeness (QED) is 0.676. The number of allylic oxidation sites excluding steroid dienone is 3. The first kappa shape index (κ1) is 9.07. The van der Waals surface area contributed by atoms with E-state index in [0.717, 1.165) is 18.5 Å². The van der Waals surface area contributed by atoms with Crippen LogP contribution in [-0.4, -0.2) is 0 Å². The minimum absolute atomic E-state index is 1.05. The molecule has 1 aromatic carbocycles. The SMILES string of the molecule is NN1C2=C(C=CCC2)Sc2ccccc21. The van der Waals surface area contributed by atoms with E-state index < -0.39 is 0 Å². The number of rotatable bonds is 0.